The third-order valence-electron chi connectivity index (χ3n) is 13.3. The van der Waals surface area contributed by atoms with Crippen LogP contribution in [0.25, 0.3) is 39.5 Å². The number of allylic oxidation sites excluding steroid dienone is 4. The minimum Gasteiger partial charge on any atom is -0.457 e. The van der Waals surface area contributed by atoms with E-state index in [0.29, 0.717) is 18.1 Å². The number of ether oxygens (including phenoxy) is 1. The van der Waals surface area contributed by atoms with Gasteiger partial charge in [0.2, 0.25) is 0 Å². The van der Waals surface area contributed by atoms with E-state index in [1.807, 2.05) is 18.2 Å². The van der Waals surface area contributed by atoms with Gasteiger partial charge in [0, 0.05) is 33.6 Å². The van der Waals surface area contributed by atoms with Crippen LogP contribution in [-0.2, 0) is 10.8 Å². The second kappa shape index (κ2) is 14.1. The molecule has 1 aromatic heterocycles. The van der Waals surface area contributed by atoms with Gasteiger partial charge in [0.05, 0.1) is 11.5 Å². The lowest BCUT2D eigenvalue weighted by atomic mass is 9.66. The van der Waals surface area contributed by atoms with Gasteiger partial charge in [0.1, 0.15) is 17.3 Å². The SMILES string of the molecule is CC1(c2nc(-c3ccccc3)nc(-c3cccc(C4C=CC(c5ccc6c(c5)-c5ccccc5C65c6ccccc6Oc6ccccc65)=CC4)c3)n2)CCCCC(O)C1. The highest BCUT2D eigenvalue weighted by molar-refractivity contribution is 5.91. The lowest BCUT2D eigenvalue weighted by Crippen LogP contribution is -2.32. The van der Waals surface area contributed by atoms with Crippen molar-refractivity contribution in [3.63, 3.8) is 0 Å². The van der Waals surface area contributed by atoms with Gasteiger partial charge in [-0.3, -0.25) is 0 Å². The topological polar surface area (TPSA) is 68.1 Å². The molecule has 5 nitrogen and oxygen atoms in total. The highest BCUT2D eigenvalue weighted by Gasteiger charge is 2.51. The van der Waals surface area contributed by atoms with Crippen molar-refractivity contribution in [1.82, 2.24) is 15.0 Å². The molecule has 1 aliphatic heterocycles. The average Bonchev–Trinajstić information content (AvgIpc) is 3.45. The maximum absolute atomic E-state index is 10.8. The van der Waals surface area contributed by atoms with E-state index in [1.54, 1.807) is 0 Å². The summed E-state index contributed by atoms with van der Waals surface area (Å²) in [6.07, 6.45) is 12.1. The minimum absolute atomic E-state index is 0.219. The van der Waals surface area contributed by atoms with Crippen LogP contribution in [-0.4, -0.2) is 26.2 Å². The lowest BCUT2D eigenvalue weighted by molar-refractivity contribution is 0.132. The van der Waals surface area contributed by atoms with Gasteiger partial charge in [0.15, 0.2) is 11.6 Å². The number of hydrogen-bond acceptors (Lipinski definition) is 5. The monoisotopic (exact) mass is 767 g/mol. The molecule has 59 heavy (non-hydrogen) atoms. The summed E-state index contributed by atoms with van der Waals surface area (Å²) in [5.74, 6) is 4.16. The number of rotatable bonds is 5. The molecule has 4 aliphatic rings. The van der Waals surface area contributed by atoms with Gasteiger partial charge in [-0.15, -0.1) is 0 Å². The fourth-order valence-electron chi connectivity index (χ4n) is 10.3. The summed E-state index contributed by atoms with van der Waals surface area (Å²) in [5, 5.41) is 10.8. The Kier molecular flexibility index (Phi) is 8.56. The molecule has 5 heteroatoms. The standard InChI is InChI=1S/C54H45N3O2/c1-53(31-12-11-18-41(58)34-53)52-56-50(37-14-3-2-4-15-37)55-51(57-52)40-17-13-16-38(32-40)35-25-27-36(28-26-35)39-29-30-45-43(33-39)42-19-5-6-20-44(42)54(45)46-21-7-9-23-48(46)59-49-24-10-8-22-47(49)54/h2-10,13-17,19-25,27-30,32-33,35,41,58H,11-12,18,26,31,34H2,1H3. The van der Waals surface area contributed by atoms with E-state index in [4.69, 9.17) is 19.7 Å². The molecule has 3 atom stereocenters. The van der Waals surface area contributed by atoms with E-state index in [0.717, 1.165) is 60.6 Å². The molecule has 0 radical (unpaired) electrons. The predicted molar refractivity (Wildman–Crippen MR) is 235 cm³/mol. The smallest absolute Gasteiger partial charge is 0.163 e. The number of nitrogens with zero attached hydrogens (tertiary/aromatic N) is 3. The molecular weight excluding hydrogens is 723 g/mol. The van der Waals surface area contributed by atoms with Crippen molar-refractivity contribution in [1.29, 1.82) is 0 Å². The van der Waals surface area contributed by atoms with Crippen LogP contribution in [0.1, 0.15) is 90.6 Å². The maximum Gasteiger partial charge on any atom is 0.163 e. The molecule has 11 rings (SSSR count). The van der Waals surface area contributed by atoms with Gasteiger partial charge in [-0.25, -0.2) is 15.0 Å². The van der Waals surface area contributed by atoms with Crippen LogP contribution in [0.5, 0.6) is 11.5 Å². The molecule has 1 N–H and O–H groups in total. The van der Waals surface area contributed by atoms with Gasteiger partial charge in [-0.05, 0) is 88.9 Å². The third-order valence-corrected chi connectivity index (χ3v) is 13.3. The zero-order valence-corrected chi connectivity index (χ0v) is 33.2. The number of aromatic nitrogens is 3. The van der Waals surface area contributed by atoms with Gasteiger partial charge in [-0.2, -0.15) is 0 Å². The summed E-state index contributed by atoms with van der Waals surface area (Å²) in [7, 11) is 0. The number of hydrogen-bond donors (Lipinski definition) is 1. The Morgan fingerprint density at radius 2 is 1.29 bits per heavy atom. The van der Waals surface area contributed by atoms with Crippen molar-refractivity contribution < 1.29 is 9.84 Å². The number of aliphatic hydroxyl groups is 1. The van der Waals surface area contributed by atoms with Crippen molar-refractivity contribution in [2.75, 3.05) is 0 Å². The molecule has 288 valence electrons. The summed E-state index contributed by atoms with van der Waals surface area (Å²) >= 11 is 0. The molecule has 1 fully saturated rings. The number of aliphatic hydroxyl groups excluding tert-OH is 1. The first-order valence-electron chi connectivity index (χ1n) is 21.1. The van der Waals surface area contributed by atoms with Crippen molar-refractivity contribution >= 4 is 5.57 Å². The number of para-hydroxylation sites is 2. The zero-order chi connectivity index (χ0) is 39.6. The van der Waals surface area contributed by atoms with Gasteiger partial charge in [0.25, 0.3) is 0 Å². The van der Waals surface area contributed by atoms with E-state index in [1.165, 1.54) is 50.1 Å². The van der Waals surface area contributed by atoms with Crippen LogP contribution in [0.15, 0.2) is 164 Å². The molecule has 7 aromatic rings. The van der Waals surface area contributed by atoms with Crippen LogP contribution in [0.3, 0.4) is 0 Å². The Hall–Kier alpha value is -6.43. The zero-order valence-electron chi connectivity index (χ0n) is 33.2. The Balaban J connectivity index is 0.926. The molecular formula is C54H45N3O2. The van der Waals surface area contributed by atoms with E-state index >= 15 is 0 Å². The highest BCUT2D eigenvalue weighted by atomic mass is 16.5. The van der Waals surface area contributed by atoms with E-state index in [-0.39, 0.29) is 17.4 Å². The highest BCUT2D eigenvalue weighted by Crippen LogP contribution is 2.62. The molecule has 1 saturated carbocycles. The first-order chi connectivity index (χ1) is 29.0. The summed E-state index contributed by atoms with van der Waals surface area (Å²) in [4.78, 5) is 15.3. The molecule has 3 unspecified atom stereocenters. The van der Waals surface area contributed by atoms with E-state index in [2.05, 4.69) is 153 Å². The summed E-state index contributed by atoms with van der Waals surface area (Å²) < 4.78 is 6.52. The normalized spacial score (nSPS) is 21.0. The first-order valence-corrected chi connectivity index (χ1v) is 21.1. The summed E-state index contributed by atoms with van der Waals surface area (Å²) in [5.41, 5.74) is 12.3. The molecule has 2 heterocycles. The second-order valence-corrected chi connectivity index (χ2v) is 17.0. The molecule has 0 bridgehead atoms. The van der Waals surface area contributed by atoms with Gasteiger partial charge < -0.3 is 9.84 Å². The van der Waals surface area contributed by atoms with Gasteiger partial charge in [-0.1, -0.05) is 159 Å². The van der Waals surface area contributed by atoms with Crippen LogP contribution in [0, 0.1) is 0 Å². The Bertz CT molecular complexity index is 2780. The molecule has 1 spiro atoms. The maximum atomic E-state index is 10.8. The van der Waals surface area contributed by atoms with Gasteiger partial charge >= 0.3 is 0 Å². The third kappa shape index (κ3) is 5.90. The second-order valence-electron chi connectivity index (χ2n) is 17.0. The minimum atomic E-state index is -0.460. The van der Waals surface area contributed by atoms with Crippen LogP contribution in [0.2, 0.25) is 0 Å². The molecule has 0 saturated heterocycles. The largest absolute Gasteiger partial charge is 0.457 e. The van der Waals surface area contributed by atoms with Crippen molar-refractivity contribution in [3.05, 3.63) is 203 Å². The number of fused-ring (bicyclic) bond motifs is 9. The molecule has 6 aromatic carbocycles. The summed E-state index contributed by atoms with van der Waals surface area (Å²) in [6, 6.07) is 51.9. The predicted octanol–water partition coefficient (Wildman–Crippen LogP) is 12.4. The van der Waals surface area contributed by atoms with Crippen LogP contribution < -0.4 is 4.74 Å². The van der Waals surface area contributed by atoms with Crippen LogP contribution >= 0.6 is 0 Å². The Morgan fingerprint density at radius 3 is 2.05 bits per heavy atom. The molecule has 0 amide bonds. The van der Waals surface area contributed by atoms with Crippen LogP contribution in [0.4, 0.5) is 0 Å². The van der Waals surface area contributed by atoms with E-state index < -0.39 is 5.41 Å². The van der Waals surface area contributed by atoms with Crippen molar-refractivity contribution in [3.8, 4) is 45.4 Å². The quantitative estimate of drug-likeness (QED) is 0.177. The summed E-state index contributed by atoms with van der Waals surface area (Å²) in [6.45, 7) is 2.21. The fourth-order valence-corrected chi connectivity index (χ4v) is 10.3. The first kappa shape index (κ1) is 35.7. The lowest BCUT2D eigenvalue weighted by Gasteiger charge is -2.39. The van der Waals surface area contributed by atoms with Crippen molar-refractivity contribution in [2.24, 2.45) is 0 Å². The molecule has 3 aliphatic carbocycles. The van der Waals surface area contributed by atoms with Crippen molar-refractivity contribution in [2.45, 2.75) is 68.3 Å². The number of benzene rings is 6. The Morgan fingerprint density at radius 1 is 0.610 bits per heavy atom. The fraction of sp³-hybridized carbons (Fsp3) is 0.204. The average molecular weight is 768 g/mol. The Labute approximate surface area is 345 Å². The van der Waals surface area contributed by atoms with E-state index in [9.17, 15) is 5.11 Å².